The second-order valence-electron chi connectivity index (χ2n) is 6.98. The van der Waals surface area contributed by atoms with E-state index in [-0.39, 0.29) is 24.5 Å². The molecule has 1 aliphatic carbocycles. The first-order chi connectivity index (χ1) is 14.0. The van der Waals surface area contributed by atoms with E-state index in [1.807, 2.05) is 38.1 Å². The Balaban J connectivity index is 1.92. The maximum absolute atomic E-state index is 12.2. The first kappa shape index (κ1) is 20.6. The SMILES string of the molecule is CCC(C)OC(=O)CNC(C#CC(=O)OC)C1c2ccccc2-c2ccccc21. The molecule has 5 nitrogen and oxygen atoms in total. The molecule has 0 aromatic heterocycles. The highest BCUT2D eigenvalue weighted by atomic mass is 16.5. The zero-order valence-corrected chi connectivity index (χ0v) is 16.9. The van der Waals surface area contributed by atoms with Crippen LogP contribution in [0.2, 0.25) is 0 Å². The van der Waals surface area contributed by atoms with Crippen LogP contribution in [0, 0.1) is 11.8 Å². The van der Waals surface area contributed by atoms with Crippen LogP contribution in [0.15, 0.2) is 48.5 Å². The summed E-state index contributed by atoms with van der Waals surface area (Å²) in [5.41, 5.74) is 4.50. The lowest BCUT2D eigenvalue weighted by atomic mass is 9.89. The monoisotopic (exact) mass is 391 g/mol. The van der Waals surface area contributed by atoms with Crippen molar-refractivity contribution in [2.75, 3.05) is 13.7 Å². The maximum atomic E-state index is 12.2. The van der Waals surface area contributed by atoms with Crippen LogP contribution in [0.4, 0.5) is 0 Å². The molecule has 0 bridgehead atoms. The number of methoxy groups -OCH3 is 1. The van der Waals surface area contributed by atoms with Gasteiger partial charge in [-0.05, 0) is 35.6 Å². The third kappa shape index (κ3) is 4.67. The number of benzene rings is 2. The van der Waals surface area contributed by atoms with Crippen molar-refractivity contribution in [3.63, 3.8) is 0 Å². The summed E-state index contributed by atoms with van der Waals surface area (Å²) in [5.74, 6) is 4.42. The van der Waals surface area contributed by atoms with Crippen LogP contribution in [0.1, 0.15) is 37.3 Å². The first-order valence-corrected chi connectivity index (χ1v) is 9.75. The van der Waals surface area contributed by atoms with Gasteiger partial charge in [0.1, 0.15) is 0 Å². The minimum atomic E-state index is -0.612. The Morgan fingerprint density at radius 1 is 1.07 bits per heavy atom. The van der Waals surface area contributed by atoms with Crippen LogP contribution in [-0.2, 0) is 19.1 Å². The summed E-state index contributed by atoms with van der Waals surface area (Å²) in [7, 11) is 1.29. The lowest BCUT2D eigenvalue weighted by molar-refractivity contribution is -0.147. The smallest absolute Gasteiger partial charge is 0.384 e. The summed E-state index contributed by atoms with van der Waals surface area (Å²) in [6, 6.07) is 15.8. The molecule has 0 spiro atoms. The number of fused-ring (bicyclic) bond motifs is 3. The molecule has 0 heterocycles. The van der Waals surface area contributed by atoms with Gasteiger partial charge >= 0.3 is 11.9 Å². The average Bonchev–Trinajstić information content (AvgIpc) is 3.08. The molecule has 0 saturated heterocycles. The van der Waals surface area contributed by atoms with Crippen molar-refractivity contribution in [3.05, 3.63) is 59.7 Å². The van der Waals surface area contributed by atoms with Gasteiger partial charge in [-0.2, -0.15) is 0 Å². The summed E-state index contributed by atoms with van der Waals surface area (Å²) >= 11 is 0. The van der Waals surface area contributed by atoms with Gasteiger partial charge in [0.25, 0.3) is 0 Å². The molecule has 1 N–H and O–H groups in total. The van der Waals surface area contributed by atoms with Crippen LogP contribution in [-0.4, -0.2) is 37.7 Å². The van der Waals surface area contributed by atoms with E-state index in [4.69, 9.17) is 4.74 Å². The molecule has 1 aliphatic rings. The molecule has 29 heavy (non-hydrogen) atoms. The predicted octanol–water partition coefficient (Wildman–Crippen LogP) is 3.28. The van der Waals surface area contributed by atoms with Crippen molar-refractivity contribution >= 4 is 11.9 Å². The average molecular weight is 391 g/mol. The van der Waals surface area contributed by atoms with Crippen LogP contribution in [0.3, 0.4) is 0 Å². The number of rotatable bonds is 6. The molecule has 0 fully saturated rings. The lowest BCUT2D eigenvalue weighted by Crippen LogP contribution is -2.38. The Bertz CT molecular complexity index is 911. The van der Waals surface area contributed by atoms with Gasteiger partial charge < -0.3 is 9.47 Å². The van der Waals surface area contributed by atoms with E-state index in [1.165, 1.54) is 7.11 Å². The van der Waals surface area contributed by atoms with Gasteiger partial charge in [-0.25, -0.2) is 4.79 Å². The van der Waals surface area contributed by atoms with E-state index < -0.39 is 12.0 Å². The van der Waals surface area contributed by atoms with Crippen molar-refractivity contribution in [2.24, 2.45) is 0 Å². The second-order valence-corrected chi connectivity index (χ2v) is 6.98. The number of hydrogen-bond acceptors (Lipinski definition) is 5. The van der Waals surface area contributed by atoms with Gasteiger partial charge in [-0.15, -0.1) is 0 Å². The van der Waals surface area contributed by atoms with Gasteiger partial charge in [0.2, 0.25) is 0 Å². The van der Waals surface area contributed by atoms with Crippen molar-refractivity contribution in [3.8, 4) is 23.0 Å². The fourth-order valence-corrected chi connectivity index (χ4v) is 3.54. The number of esters is 2. The Morgan fingerprint density at radius 2 is 1.66 bits per heavy atom. The highest BCUT2D eigenvalue weighted by molar-refractivity contribution is 5.88. The Labute approximate surface area is 171 Å². The summed E-state index contributed by atoms with van der Waals surface area (Å²) in [4.78, 5) is 23.8. The third-order valence-corrected chi connectivity index (χ3v) is 5.10. The Hall–Kier alpha value is -3.10. The Morgan fingerprint density at radius 3 is 2.21 bits per heavy atom. The van der Waals surface area contributed by atoms with Crippen LogP contribution < -0.4 is 5.32 Å². The van der Waals surface area contributed by atoms with E-state index >= 15 is 0 Å². The fraction of sp³-hybridized carbons (Fsp3) is 0.333. The number of hydrogen-bond donors (Lipinski definition) is 1. The van der Waals surface area contributed by atoms with Gasteiger partial charge in [0.15, 0.2) is 0 Å². The predicted molar refractivity (Wildman–Crippen MR) is 111 cm³/mol. The van der Waals surface area contributed by atoms with E-state index in [1.54, 1.807) is 0 Å². The molecule has 3 rings (SSSR count). The van der Waals surface area contributed by atoms with Gasteiger partial charge in [-0.1, -0.05) is 61.4 Å². The quantitative estimate of drug-likeness (QED) is 0.465. The highest BCUT2D eigenvalue weighted by Gasteiger charge is 2.33. The zero-order valence-electron chi connectivity index (χ0n) is 16.9. The van der Waals surface area contributed by atoms with Crippen molar-refractivity contribution in [1.29, 1.82) is 0 Å². The topological polar surface area (TPSA) is 64.6 Å². The minimum absolute atomic E-state index is 0.00565. The van der Waals surface area contributed by atoms with Gasteiger partial charge in [0.05, 0.1) is 25.8 Å². The molecule has 2 unspecified atom stereocenters. The molecular weight excluding hydrogens is 366 g/mol. The summed E-state index contributed by atoms with van der Waals surface area (Å²) in [6.45, 7) is 3.82. The molecule has 150 valence electrons. The molecule has 2 aromatic carbocycles. The third-order valence-electron chi connectivity index (χ3n) is 5.10. The van der Waals surface area contributed by atoms with Crippen LogP contribution in [0.5, 0.6) is 0 Å². The zero-order chi connectivity index (χ0) is 20.8. The minimum Gasteiger partial charge on any atom is -0.462 e. The number of carbonyl (C=O) groups excluding carboxylic acids is 2. The standard InChI is InChI=1S/C24H25NO4/c1-4-16(2)29-23(27)15-25-21(13-14-22(26)28-3)24-19-11-7-5-9-17(19)18-10-6-8-12-20(18)24/h5-12,16,21,24-25H,4,15H2,1-3H3. The van der Waals surface area contributed by atoms with Crippen molar-refractivity contribution in [1.82, 2.24) is 5.32 Å². The fourth-order valence-electron chi connectivity index (χ4n) is 3.54. The van der Waals surface area contributed by atoms with Crippen molar-refractivity contribution in [2.45, 2.75) is 38.3 Å². The maximum Gasteiger partial charge on any atom is 0.384 e. The molecule has 0 saturated carbocycles. The van der Waals surface area contributed by atoms with E-state index in [0.717, 1.165) is 28.7 Å². The molecular formula is C24H25NO4. The summed E-state index contributed by atoms with van der Waals surface area (Å²) in [6.07, 6.45) is 0.609. The van der Waals surface area contributed by atoms with Gasteiger partial charge in [0, 0.05) is 11.8 Å². The molecule has 5 heteroatoms. The number of carbonyl (C=O) groups is 2. The summed E-state index contributed by atoms with van der Waals surface area (Å²) in [5, 5.41) is 3.20. The molecule has 0 amide bonds. The normalized spacial score (nSPS) is 14.0. The number of nitrogens with one attached hydrogen (secondary N) is 1. The van der Waals surface area contributed by atoms with Crippen molar-refractivity contribution < 1.29 is 19.1 Å². The largest absolute Gasteiger partial charge is 0.462 e. The second kappa shape index (κ2) is 9.40. The summed E-state index contributed by atoms with van der Waals surface area (Å²) < 4.78 is 10.0. The molecule has 2 aromatic rings. The Kier molecular flexibility index (Phi) is 6.69. The first-order valence-electron chi connectivity index (χ1n) is 9.75. The van der Waals surface area contributed by atoms with E-state index in [0.29, 0.717) is 0 Å². The molecule has 0 radical (unpaired) electrons. The van der Waals surface area contributed by atoms with E-state index in [9.17, 15) is 9.59 Å². The highest BCUT2D eigenvalue weighted by Crippen LogP contribution is 2.45. The molecule has 0 aliphatic heterocycles. The van der Waals surface area contributed by atoms with Gasteiger partial charge in [-0.3, -0.25) is 10.1 Å². The lowest BCUT2D eigenvalue weighted by Gasteiger charge is -2.22. The van der Waals surface area contributed by atoms with Crippen LogP contribution in [0.25, 0.3) is 11.1 Å². The number of ether oxygens (including phenoxy) is 2. The molecule has 2 atom stereocenters. The van der Waals surface area contributed by atoms with E-state index in [2.05, 4.69) is 46.2 Å². The van der Waals surface area contributed by atoms with Crippen LogP contribution >= 0.6 is 0 Å².